The average Bonchev–Trinajstić information content (AvgIpc) is 3.00. The number of hydrogen-bond acceptors (Lipinski definition) is 4. The van der Waals surface area contributed by atoms with Gasteiger partial charge in [0.05, 0.1) is 17.5 Å². The van der Waals surface area contributed by atoms with Crippen molar-refractivity contribution in [2.45, 2.75) is 6.10 Å². The molecular formula is C18H18ClF2N3O2. The lowest BCUT2D eigenvalue weighted by Gasteiger charge is -2.23. The molecule has 0 spiro atoms. The van der Waals surface area contributed by atoms with Crippen molar-refractivity contribution < 1.29 is 18.3 Å². The molecule has 0 radical (unpaired) electrons. The van der Waals surface area contributed by atoms with E-state index >= 15 is 0 Å². The van der Waals surface area contributed by atoms with Crippen molar-refractivity contribution in [2.75, 3.05) is 26.3 Å². The van der Waals surface area contributed by atoms with E-state index in [1.165, 1.54) is 22.9 Å². The Labute approximate surface area is 155 Å². The van der Waals surface area contributed by atoms with Crippen molar-refractivity contribution in [1.29, 1.82) is 0 Å². The topological polar surface area (TPSA) is 48.3 Å². The molecule has 0 unspecified atom stereocenters. The molecule has 1 saturated heterocycles. The number of ether oxygens (including phenoxy) is 2. The quantitative estimate of drug-likeness (QED) is 0.754. The van der Waals surface area contributed by atoms with E-state index in [1.807, 2.05) is 12.1 Å². The van der Waals surface area contributed by atoms with Crippen LogP contribution in [0.15, 0.2) is 42.5 Å². The number of nitrogens with one attached hydrogen (secondary N) is 1. The summed E-state index contributed by atoms with van der Waals surface area (Å²) in [5, 5.41) is 8.22. The van der Waals surface area contributed by atoms with Crippen LogP contribution >= 0.6 is 12.4 Å². The summed E-state index contributed by atoms with van der Waals surface area (Å²) in [5.41, 5.74) is 0.355. The van der Waals surface area contributed by atoms with Crippen LogP contribution in [-0.4, -0.2) is 42.2 Å². The standard InChI is InChI=1S/C18H17F2N3O2.ClH/c19-14-5-3-6-15(20)17(14)23-16-7-2-1-4-13(16)18(22-23)25-11-12-10-21-8-9-24-12;/h1-7,12,21H,8-11H2;1H/t12-;/m0./s1. The molecule has 1 fully saturated rings. The first-order valence-corrected chi connectivity index (χ1v) is 8.11. The molecule has 4 rings (SSSR count). The Bertz CT molecular complexity index is 877. The Hall–Kier alpha value is -2.22. The zero-order valence-electron chi connectivity index (χ0n) is 13.8. The molecule has 2 aromatic carbocycles. The first-order chi connectivity index (χ1) is 12.2. The first kappa shape index (κ1) is 18.6. The Morgan fingerprint density at radius 2 is 1.92 bits per heavy atom. The first-order valence-electron chi connectivity index (χ1n) is 8.11. The molecule has 5 nitrogen and oxygen atoms in total. The Morgan fingerprint density at radius 1 is 1.15 bits per heavy atom. The molecule has 26 heavy (non-hydrogen) atoms. The zero-order chi connectivity index (χ0) is 17.2. The smallest absolute Gasteiger partial charge is 0.241 e. The minimum absolute atomic E-state index is 0. The van der Waals surface area contributed by atoms with E-state index in [0.29, 0.717) is 36.5 Å². The summed E-state index contributed by atoms with van der Waals surface area (Å²) in [6.45, 7) is 2.46. The number of morpholine rings is 1. The highest BCUT2D eigenvalue weighted by molar-refractivity contribution is 5.86. The fourth-order valence-corrected chi connectivity index (χ4v) is 2.90. The second-order valence-electron chi connectivity index (χ2n) is 5.81. The van der Waals surface area contributed by atoms with Gasteiger partial charge in [-0.15, -0.1) is 17.5 Å². The second kappa shape index (κ2) is 7.99. The summed E-state index contributed by atoms with van der Waals surface area (Å²) in [6, 6.07) is 10.9. The Morgan fingerprint density at radius 3 is 2.65 bits per heavy atom. The van der Waals surface area contributed by atoms with Crippen LogP contribution in [0.5, 0.6) is 5.88 Å². The van der Waals surface area contributed by atoms with Crippen LogP contribution in [0.2, 0.25) is 0 Å². The monoisotopic (exact) mass is 381 g/mol. The molecule has 2 heterocycles. The number of hydrogen-bond donors (Lipinski definition) is 1. The summed E-state index contributed by atoms with van der Waals surface area (Å²) < 4.78 is 41.0. The average molecular weight is 382 g/mol. The molecule has 0 saturated carbocycles. The normalized spacial score (nSPS) is 17.1. The number of fused-ring (bicyclic) bond motifs is 1. The van der Waals surface area contributed by atoms with E-state index in [4.69, 9.17) is 9.47 Å². The van der Waals surface area contributed by atoms with Crippen LogP contribution in [0, 0.1) is 11.6 Å². The van der Waals surface area contributed by atoms with E-state index in [0.717, 1.165) is 6.54 Å². The minimum Gasteiger partial charge on any atom is -0.473 e. The molecular weight excluding hydrogens is 364 g/mol. The van der Waals surface area contributed by atoms with Gasteiger partial charge in [0.15, 0.2) is 11.6 Å². The highest BCUT2D eigenvalue weighted by Gasteiger charge is 2.20. The molecule has 3 aromatic rings. The molecule has 0 aliphatic carbocycles. The zero-order valence-corrected chi connectivity index (χ0v) is 14.6. The Kier molecular flexibility index (Phi) is 5.70. The number of nitrogens with zero attached hydrogens (tertiary/aromatic N) is 2. The predicted octanol–water partition coefficient (Wildman–Crippen LogP) is 3.09. The second-order valence-corrected chi connectivity index (χ2v) is 5.81. The largest absolute Gasteiger partial charge is 0.473 e. The van der Waals surface area contributed by atoms with Crippen LogP contribution in [0.1, 0.15) is 0 Å². The molecule has 8 heteroatoms. The SMILES string of the molecule is Cl.Fc1cccc(F)c1-n1nc(OC[C@@H]2CNCCO2)c2ccccc21. The third-order valence-electron chi connectivity index (χ3n) is 4.11. The molecule has 1 N–H and O–H groups in total. The van der Waals surface area contributed by atoms with Crippen LogP contribution in [0.25, 0.3) is 16.6 Å². The van der Waals surface area contributed by atoms with Gasteiger partial charge < -0.3 is 14.8 Å². The lowest BCUT2D eigenvalue weighted by molar-refractivity contribution is -0.000510. The highest BCUT2D eigenvalue weighted by Crippen LogP contribution is 2.29. The summed E-state index contributed by atoms with van der Waals surface area (Å²) in [4.78, 5) is 0. The number of halogens is 3. The van der Waals surface area contributed by atoms with Gasteiger partial charge in [-0.05, 0) is 24.3 Å². The van der Waals surface area contributed by atoms with Gasteiger partial charge >= 0.3 is 0 Å². The maximum Gasteiger partial charge on any atom is 0.241 e. The van der Waals surface area contributed by atoms with E-state index in [9.17, 15) is 8.78 Å². The van der Waals surface area contributed by atoms with E-state index in [2.05, 4.69) is 10.4 Å². The molecule has 1 aliphatic heterocycles. The number of benzene rings is 2. The number of aromatic nitrogens is 2. The summed E-state index contributed by atoms with van der Waals surface area (Å²) in [5.74, 6) is -1.04. The summed E-state index contributed by atoms with van der Waals surface area (Å²) in [7, 11) is 0. The van der Waals surface area contributed by atoms with Crippen molar-refractivity contribution in [3.8, 4) is 11.6 Å². The predicted molar refractivity (Wildman–Crippen MR) is 96.3 cm³/mol. The third-order valence-corrected chi connectivity index (χ3v) is 4.11. The van der Waals surface area contributed by atoms with Crippen molar-refractivity contribution in [3.63, 3.8) is 0 Å². The van der Waals surface area contributed by atoms with Gasteiger partial charge in [0.1, 0.15) is 18.4 Å². The van der Waals surface area contributed by atoms with Crippen LogP contribution in [-0.2, 0) is 4.74 Å². The van der Waals surface area contributed by atoms with Crippen molar-refractivity contribution in [1.82, 2.24) is 15.1 Å². The molecule has 138 valence electrons. The summed E-state index contributed by atoms with van der Waals surface area (Å²) >= 11 is 0. The van der Waals surface area contributed by atoms with Gasteiger partial charge in [0.25, 0.3) is 0 Å². The van der Waals surface area contributed by atoms with Crippen molar-refractivity contribution in [3.05, 3.63) is 54.1 Å². The van der Waals surface area contributed by atoms with Crippen molar-refractivity contribution >= 4 is 23.3 Å². The van der Waals surface area contributed by atoms with Crippen LogP contribution in [0.3, 0.4) is 0 Å². The summed E-state index contributed by atoms with van der Waals surface area (Å²) in [6.07, 6.45) is -0.0807. The third kappa shape index (κ3) is 3.51. The molecule has 0 bridgehead atoms. The molecule has 1 atom stereocenters. The van der Waals surface area contributed by atoms with Crippen LogP contribution < -0.4 is 10.1 Å². The van der Waals surface area contributed by atoms with E-state index < -0.39 is 11.6 Å². The van der Waals surface area contributed by atoms with Gasteiger partial charge in [-0.25, -0.2) is 13.5 Å². The van der Waals surface area contributed by atoms with Gasteiger partial charge in [-0.3, -0.25) is 0 Å². The number of rotatable bonds is 4. The molecule has 1 aliphatic rings. The fourth-order valence-electron chi connectivity index (χ4n) is 2.90. The van der Waals surface area contributed by atoms with Crippen molar-refractivity contribution in [2.24, 2.45) is 0 Å². The molecule has 1 aromatic heterocycles. The van der Waals surface area contributed by atoms with Crippen LogP contribution in [0.4, 0.5) is 8.78 Å². The highest BCUT2D eigenvalue weighted by atomic mass is 35.5. The fraction of sp³-hybridized carbons (Fsp3) is 0.278. The van der Waals surface area contributed by atoms with Gasteiger partial charge in [-0.1, -0.05) is 18.2 Å². The number of para-hydroxylation sites is 2. The lowest BCUT2D eigenvalue weighted by Crippen LogP contribution is -2.41. The minimum atomic E-state index is -0.681. The van der Waals surface area contributed by atoms with Gasteiger partial charge in [0, 0.05) is 13.1 Å². The maximum atomic E-state index is 14.2. The lowest BCUT2D eigenvalue weighted by atomic mass is 10.2. The molecule has 0 amide bonds. The van der Waals surface area contributed by atoms with E-state index in [-0.39, 0.29) is 24.2 Å². The maximum absolute atomic E-state index is 14.2. The van der Waals surface area contributed by atoms with E-state index in [1.54, 1.807) is 12.1 Å². The van der Waals surface area contributed by atoms with Gasteiger partial charge in [-0.2, -0.15) is 0 Å². The van der Waals surface area contributed by atoms with Gasteiger partial charge in [0.2, 0.25) is 5.88 Å². The Balaban J connectivity index is 0.00000196.